The molecule has 7 heteroatoms. The van der Waals surface area contributed by atoms with Crippen LogP contribution >= 0.6 is 0 Å². The van der Waals surface area contributed by atoms with Gasteiger partial charge in [0.2, 0.25) is 0 Å². The fraction of sp³-hybridized carbons (Fsp3) is 1.00. The Morgan fingerprint density at radius 2 is 0.875 bits per heavy atom. The van der Waals surface area contributed by atoms with Gasteiger partial charge in [-0.1, -0.05) is 7.43 Å². The standard InChI is InChI=1S/CH4.Ca.H4O4Si.H2O.2H/c;;1-5(2,3)4;;;/h1H4;;1-4H;1H2;;. The van der Waals surface area contributed by atoms with Crippen LogP contribution in [0.15, 0.2) is 0 Å². The first kappa shape index (κ1) is 22.8. The molecule has 5 nitrogen and oxygen atoms in total. The second-order valence-electron chi connectivity index (χ2n) is 0.600. The van der Waals surface area contributed by atoms with Crippen LogP contribution in [0.5, 0.6) is 0 Å². The minimum absolute atomic E-state index is 0. The fourth-order valence-corrected chi connectivity index (χ4v) is 0. The molecule has 0 aliphatic carbocycles. The van der Waals surface area contributed by atoms with E-state index in [0.29, 0.717) is 0 Å². The molecule has 0 radical (unpaired) electrons. The summed E-state index contributed by atoms with van der Waals surface area (Å²) < 4.78 is 0. The Balaban J connectivity index is -0.0000000267. The van der Waals surface area contributed by atoms with Gasteiger partial charge in [-0.15, -0.1) is 0 Å². The van der Waals surface area contributed by atoms with Crippen molar-refractivity contribution in [3.63, 3.8) is 0 Å². The van der Waals surface area contributed by atoms with Crippen molar-refractivity contribution in [1.29, 1.82) is 0 Å². The Morgan fingerprint density at radius 1 is 0.875 bits per heavy atom. The predicted molar refractivity (Wildman–Crippen MR) is 33.5 cm³/mol. The quantitative estimate of drug-likeness (QED) is 0.281. The van der Waals surface area contributed by atoms with Gasteiger partial charge in [0.25, 0.3) is 0 Å². The second-order valence-corrected chi connectivity index (χ2v) is 1.80. The van der Waals surface area contributed by atoms with Gasteiger partial charge >= 0.3 is 46.8 Å². The maximum absolute atomic E-state index is 7.33. The van der Waals surface area contributed by atoms with E-state index in [4.69, 9.17) is 19.2 Å². The van der Waals surface area contributed by atoms with E-state index in [1.165, 1.54) is 0 Å². The van der Waals surface area contributed by atoms with Crippen molar-refractivity contribution in [1.82, 2.24) is 0 Å². The van der Waals surface area contributed by atoms with Crippen LogP contribution in [-0.4, -0.2) is 71.4 Å². The number of hydrogen-bond acceptors (Lipinski definition) is 4. The van der Waals surface area contributed by atoms with Crippen LogP contribution in [-0.2, 0) is 0 Å². The van der Waals surface area contributed by atoms with Gasteiger partial charge in [0.1, 0.15) is 0 Å². The summed E-state index contributed by atoms with van der Waals surface area (Å²) in [5, 5.41) is 0. The molecule has 0 aliphatic heterocycles. The van der Waals surface area contributed by atoms with E-state index in [1.807, 2.05) is 0 Å². The van der Waals surface area contributed by atoms with Crippen LogP contribution in [0.2, 0.25) is 0 Å². The molecule has 0 atom stereocenters. The first-order valence-corrected chi connectivity index (χ1v) is 2.68. The van der Waals surface area contributed by atoms with E-state index < -0.39 is 9.05 Å². The van der Waals surface area contributed by atoms with E-state index in [-0.39, 0.29) is 50.6 Å². The van der Waals surface area contributed by atoms with Gasteiger partial charge in [0.05, 0.1) is 0 Å². The Labute approximate surface area is 78.4 Å². The van der Waals surface area contributed by atoms with Crippen LogP contribution in [0, 0.1) is 0 Å². The molecule has 8 heavy (non-hydrogen) atoms. The van der Waals surface area contributed by atoms with E-state index >= 15 is 0 Å². The minimum atomic E-state index is -4.61. The summed E-state index contributed by atoms with van der Waals surface area (Å²) in [4.78, 5) is 29.3. The van der Waals surface area contributed by atoms with Crippen molar-refractivity contribution in [2.45, 2.75) is 7.43 Å². The van der Waals surface area contributed by atoms with Gasteiger partial charge < -0.3 is 24.7 Å². The summed E-state index contributed by atoms with van der Waals surface area (Å²) in [7, 11) is -4.61. The zero-order valence-electron chi connectivity index (χ0n) is 2.79. The van der Waals surface area contributed by atoms with Gasteiger partial charge in [0, 0.05) is 0 Å². The molecule has 0 bridgehead atoms. The number of hydrogen-bond donors (Lipinski definition) is 4. The summed E-state index contributed by atoms with van der Waals surface area (Å²) in [6, 6.07) is 0. The monoisotopic (exact) mass is 172 g/mol. The zero-order chi connectivity index (χ0) is 4.50. The molecular formula is CH12CaO5Si. The Bertz CT molecular complexity index is 27.9. The summed E-state index contributed by atoms with van der Waals surface area (Å²) in [5.74, 6) is 0. The average molecular weight is 172 g/mol. The van der Waals surface area contributed by atoms with E-state index in [2.05, 4.69) is 0 Å². The van der Waals surface area contributed by atoms with Gasteiger partial charge in [-0.2, -0.15) is 0 Å². The van der Waals surface area contributed by atoms with E-state index in [1.54, 1.807) is 0 Å². The molecule has 0 rings (SSSR count). The van der Waals surface area contributed by atoms with Gasteiger partial charge in [0.15, 0.2) is 0 Å². The summed E-state index contributed by atoms with van der Waals surface area (Å²) in [6.45, 7) is 0. The first-order chi connectivity index (χ1) is 2.00. The molecule has 6 N–H and O–H groups in total. The molecule has 0 aromatic rings. The van der Waals surface area contributed by atoms with Crippen molar-refractivity contribution in [2.24, 2.45) is 0 Å². The van der Waals surface area contributed by atoms with Crippen LogP contribution < -0.4 is 0 Å². The van der Waals surface area contributed by atoms with Crippen LogP contribution in [0.4, 0.5) is 0 Å². The Morgan fingerprint density at radius 3 is 0.875 bits per heavy atom. The van der Waals surface area contributed by atoms with Crippen molar-refractivity contribution in [3.8, 4) is 0 Å². The zero-order valence-corrected chi connectivity index (χ0v) is 3.79. The van der Waals surface area contributed by atoms with E-state index in [9.17, 15) is 0 Å². The normalized spacial score (nSPS) is 7.50. The molecular weight excluding hydrogens is 160 g/mol. The van der Waals surface area contributed by atoms with Crippen molar-refractivity contribution >= 4 is 46.8 Å². The molecule has 0 fully saturated rings. The third-order valence-corrected chi connectivity index (χ3v) is 0. The van der Waals surface area contributed by atoms with Crippen LogP contribution in [0.1, 0.15) is 7.43 Å². The van der Waals surface area contributed by atoms with Crippen molar-refractivity contribution < 1.29 is 24.7 Å². The molecule has 52 valence electrons. The molecule has 0 unspecified atom stereocenters. The Hall–Kier alpha value is 1.28. The molecule has 0 aliphatic rings. The SMILES string of the molecule is C.O.O[Si](O)(O)O.[CaH2]. The third-order valence-electron chi connectivity index (χ3n) is 0. The molecule has 0 amide bonds. The molecule has 0 aromatic carbocycles. The fourth-order valence-electron chi connectivity index (χ4n) is 0. The maximum atomic E-state index is 7.33. The summed E-state index contributed by atoms with van der Waals surface area (Å²) in [5.41, 5.74) is 0. The predicted octanol–water partition coefficient (Wildman–Crippen LogP) is -3.71. The topological polar surface area (TPSA) is 112 Å². The average Bonchev–Trinajstić information content (AvgIpc) is 0.722. The summed E-state index contributed by atoms with van der Waals surface area (Å²) in [6.07, 6.45) is 0. The van der Waals surface area contributed by atoms with Crippen molar-refractivity contribution in [2.75, 3.05) is 0 Å². The molecule has 0 saturated carbocycles. The first-order valence-electron chi connectivity index (χ1n) is 0.894. The third kappa shape index (κ3) is 176. The van der Waals surface area contributed by atoms with E-state index in [0.717, 1.165) is 0 Å². The van der Waals surface area contributed by atoms with Gasteiger partial charge in [-0.3, -0.25) is 0 Å². The number of rotatable bonds is 0. The molecule has 0 spiro atoms. The second kappa shape index (κ2) is 8.28. The molecule has 0 saturated heterocycles. The van der Waals surface area contributed by atoms with Gasteiger partial charge in [-0.05, 0) is 0 Å². The van der Waals surface area contributed by atoms with Crippen LogP contribution in [0.3, 0.4) is 0 Å². The van der Waals surface area contributed by atoms with Crippen LogP contribution in [0.25, 0.3) is 0 Å². The molecule has 0 aromatic heterocycles. The Kier molecular flexibility index (Phi) is 23.6. The summed E-state index contributed by atoms with van der Waals surface area (Å²) >= 11 is 0. The van der Waals surface area contributed by atoms with Crippen molar-refractivity contribution in [3.05, 3.63) is 0 Å². The molecule has 0 heterocycles. The van der Waals surface area contributed by atoms with Gasteiger partial charge in [-0.25, -0.2) is 0 Å².